The fourth-order valence-electron chi connectivity index (χ4n) is 4.15. The number of amides is 1. The van der Waals surface area contributed by atoms with Crippen molar-refractivity contribution in [1.82, 2.24) is 15.6 Å². The van der Waals surface area contributed by atoms with Crippen LogP contribution in [0, 0.1) is 5.92 Å². The summed E-state index contributed by atoms with van der Waals surface area (Å²) in [5.41, 5.74) is -0.0173. The van der Waals surface area contributed by atoms with Gasteiger partial charge in [-0.1, -0.05) is 64.3 Å². The largest absolute Gasteiger partial charge is 0.456 e. The number of unbranched alkanes of at least 4 members (excludes halogenated alkanes) is 4. The zero-order valence-electron chi connectivity index (χ0n) is 25.5. The van der Waals surface area contributed by atoms with Crippen molar-refractivity contribution in [3.63, 3.8) is 0 Å². The van der Waals surface area contributed by atoms with Crippen LogP contribution in [0.15, 0.2) is 22.5 Å². The van der Waals surface area contributed by atoms with Crippen molar-refractivity contribution >= 4 is 63.2 Å². The van der Waals surface area contributed by atoms with Crippen molar-refractivity contribution in [2.75, 3.05) is 18.6 Å². The Balaban J connectivity index is 1.89. The molecule has 3 atom stereocenters. The van der Waals surface area contributed by atoms with Crippen molar-refractivity contribution in [3.05, 3.63) is 28.2 Å². The Bertz CT molecular complexity index is 1090. The molecule has 2 rings (SSSR count). The molecular formula is C30H46N4O5S3. The molecule has 0 fully saturated rings. The maximum absolute atomic E-state index is 12.8. The molecule has 2 N–H and O–H groups in total. The number of allylic oxidation sites excluding steroid dienone is 1. The predicted octanol–water partition coefficient (Wildman–Crippen LogP) is 5.32. The molecule has 1 aromatic rings. The molecule has 1 aliphatic heterocycles. The monoisotopic (exact) mass is 638 g/mol. The summed E-state index contributed by atoms with van der Waals surface area (Å²) in [6.45, 7) is 8.05. The van der Waals surface area contributed by atoms with Crippen molar-refractivity contribution in [1.29, 1.82) is 0 Å². The van der Waals surface area contributed by atoms with Crippen molar-refractivity contribution in [2.45, 2.75) is 103 Å². The number of aldehydes is 1. The van der Waals surface area contributed by atoms with E-state index >= 15 is 0 Å². The van der Waals surface area contributed by atoms with E-state index in [-0.39, 0.29) is 29.9 Å². The Hall–Kier alpha value is -2.02. The summed E-state index contributed by atoms with van der Waals surface area (Å²) in [5, 5.41) is 9.37. The lowest BCUT2D eigenvalue weighted by molar-refractivity contribution is -0.151. The molecule has 0 aromatic carbocycles. The van der Waals surface area contributed by atoms with Crippen molar-refractivity contribution in [3.8, 4) is 0 Å². The second-order valence-electron chi connectivity index (χ2n) is 10.9. The van der Waals surface area contributed by atoms with E-state index < -0.39 is 23.7 Å². The predicted molar refractivity (Wildman–Crippen MR) is 174 cm³/mol. The highest BCUT2D eigenvalue weighted by Gasteiger charge is 2.31. The second kappa shape index (κ2) is 19.3. The highest BCUT2D eigenvalue weighted by molar-refractivity contribution is 8.14. The molecule has 9 nitrogen and oxygen atoms in total. The molecule has 42 heavy (non-hydrogen) atoms. The molecule has 1 amide bonds. The molecule has 0 saturated carbocycles. The Labute approximate surface area is 262 Å². The standard InChI is InChI=1S/C30H46N4O5S3/c1-6-7-8-9-10-14-26(37)40-15-12-11-13-22(39-29(38)27(31-5)21(2)3)16-24(36)32-17-25-33-23(18-41-25)28-34-30(4,19-35)20-42-28/h11,13,18-19,21-22,27,31H,6-10,12,14-17,20H2,1-5H3,(H,32,36)/b13-11+/t22-,27+,30-/m1/s1. The summed E-state index contributed by atoms with van der Waals surface area (Å²) in [7, 11) is 1.71. The number of thiazole rings is 1. The van der Waals surface area contributed by atoms with E-state index in [4.69, 9.17) is 4.74 Å². The van der Waals surface area contributed by atoms with Gasteiger partial charge in [0.15, 0.2) is 5.12 Å². The summed E-state index contributed by atoms with van der Waals surface area (Å²) in [4.78, 5) is 58.1. The number of carbonyl (C=O) groups excluding carboxylic acids is 4. The Kier molecular flexibility index (Phi) is 16.6. The average molecular weight is 639 g/mol. The second-order valence-corrected chi connectivity index (χ2v) is 13.9. The van der Waals surface area contributed by atoms with E-state index in [1.54, 1.807) is 20.0 Å². The van der Waals surface area contributed by atoms with Crippen LogP contribution >= 0.6 is 34.9 Å². The van der Waals surface area contributed by atoms with Gasteiger partial charge in [0, 0.05) is 23.3 Å². The third-order valence-corrected chi connectivity index (χ3v) is 9.71. The SMILES string of the molecule is CCCCCCCC(=O)SCC/C=C/[C@H](CC(=O)NCc1nc(C2=N[C@](C)(C=O)CS2)cs1)OC(=O)[C@@H](NC)C(C)C. The molecule has 0 unspecified atom stereocenters. The number of nitrogens with one attached hydrogen (secondary N) is 2. The fraction of sp³-hybridized carbons (Fsp3) is 0.667. The van der Waals surface area contributed by atoms with Crippen LogP contribution in [0.1, 0.15) is 89.8 Å². The number of aliphatic imine (C=N–C) groups is 1. The van der Waals surface area contributed by atoms with E-state index in [1.165, 1.54) is 54.1 Å². The highest BCUT2D eigenvalue weighted by atomic mass is 32.2. The zero-order chi connectivity index (χ0) is 31.0. The first-order valence-electron chi connectivity index (χ1n) is 14.7. The van der Waals surface area contributed by atoms with Gasteiger partial charge in [-0.2, -0.15) is 0 Å². The van der Waals surface area contributed by atoms with Crippen LogP contribution in [0.2, 0.25) is 0 Å². The van der Waals surface area contributed by atoms with Crippen LogP contribution in [0.5, 0.6) is 0 Å². The Morgan fingerprint density at radius 3 is 2.64 bits per heavy atom. The van der Waals surface area contributed by atoms with Gasteiger partial charge in [0.2, 0.25) is 5.91 Å². The van der Waals surface area contributed by atoms with Crippen molar-refractivity contribution in [2.24, 2.45) is 10.9 Å². The number of aromatic nitrogens is 1. The number of likely N-dealkylation sites (N-methyl/N-ethyl adjacent to an activating group) is 1. The summed E-state index contributed by atoms with van der Waals surface area (Å²) in [5.74, 6) is 0.571. The number of nitrogens with zero attached hydrogens (tertiary/aromatic N) is 2. The Morgan fingerprint density at radius 2 is 1.98 bits per heavy atom. The van der Waals surface area contributed by atoms with Crippen LogP contribution in [0.25, 0.3) is 0 Å². The molecular weight excluding hydrogens is 593 g/mol. The van der Waals surface area contributed by atoms with E-state index in [1.807, 2.05) is 25.3 Å². The number of hydrogen-bond donors (Lipinski definition) is 2. The summed E-state index contributed by atoms with van der Waals surface area (Å²) >= 11 is 4.24. The van der Waals surface area contributed by atoms with Gasteiger partial charge in [-0.3, -0.25) is 19.4 Å². The van der Waals surface area contributed by atoms with Gasteiger partial charge in [-0.25, -0.2) is 4.98 Å². The number of esters is 1. The third-order valence-electron chi connectivity index (χ3n) is 6.59. The third kappa shape index (κ3) is 13.1. The number of carbonyl (C=O) groups is 4. The Morgan fingerprint density at radius 1 is 1.21 bits per heavy atom. The lowest BCUT2D eigenvalue weighted by Crippen LogP contribution is -2.42. The maximum Gasteiger partial charge on any atom is 0.323 e. The topological polar surface area (TPSA) is 127 Å². The molecule has 0 spiro atoms. The van der Waals surface area contributed by atoms with Crippen LogP contribution in [-0.4, -0.2) is 69.5 Å². The number of rotatable bonds is 20. The quantitative estimate of drug-likeness (QED) is 0.0844. The minimum absolute atomic E-state index is 0.0245. The van der Waals surface area contributed by atoms with E-state index in [9.17, 15) is 19.2 Å². The molecule has 2 heterocycles. The molecule has 234 valence electrons. The normalized spacial score (nSPS) is 18.2. The maximum atomic E-state index is 12.8. The lowest BCUT2D eigenvalue weighted by Gasteiger charge is -2.22. The lowest BCUT2D eigenvalue weighted by atomic mass is 10.1. The van der Waals surface area contributed by atoms with Crippen molar-refractivity contribution < 1.29 is 23.9 Å². The van der Waals surface area contributed by atoms with Gasteiger partial charge in [-0.05, 0) is 38.8 Å². The van der Waals surface area contributed by atoms with E-state index in [0.29, 0.717) is 35.0 Å². The summed E-state index contributed by atoms with van der Waals surface area (Å²) < 4.78 is 5.72. The average Bonchev–Trinajstić information content (AvgIpc) is 3.59. The van der Waals surface area contributed by atoms with Gasteiger partial charge in [0.1, 0.15) is 39.7 Å². The van der Waals surface area contributed by atoms with Crippen LogP contribution in [0.4, 0.5) is 0 Å². The minimum Gasteiger partial charge on any atom is -0.456 e. The zero-order valence-corrected chi connectivity index (χ0v) is 27.9. The van der Waals surface area contributed by atoms with Crippen LogP contribution in [0.3, 0.4) is 0 Å². The van der Waals surface area contributed by atoms with E-state index in [2.05, 4.69) is 27.5 Å². The molecule has 12 heteroatoms. The summed E-state index contributed by atoms with van der Waals surface area (Å²) in [6, 6.07) is -0.486. The van der Waals surface area contributed by atoms with E-state index in [0.717, 1.165) is 24.2 Å². The van der Waals surface area contributed by atoms with Gasteiger partial charge in [-0.15, -0.1) is 23.1 Å². The van der Waals surface area contributed by atoms with Gasteiger partial charge < -0.3 is 20.2 Å². The highest BCUT2D eigenvalue weighted by Crippen LogP contribution is 2.30. The first-order valence-corrected chi connectivity index (χ1v) is 17.6. The number of hydrogen-bond acceptors (Lipinski definition) is 11. The molecule has 0 saturated heterocycles. The number of thioether (sulfide) groups is 2. The molecule has 0 radical (unpaired) electrons. The molecule has 1 aromatic heterocycles. The fourth-order valence-corrected chi connectivity index (χ4v) is 6.80. The van der Waals surface area contributed by atoms with Gasteiger partial charge in [0.05, 0.1) is 13.0 Å². The molecule has 0 aliphatic carbocycles. The smallest absolute Gasteiger partial charge is 0.323 e. The van der Waals surface area contributed by atoms with Crippen LogP contribution < -0.4 is 10.6 Å². The van der Waals surface area contributed by atoms with Gasteiger partial charge in [0.25, 0.3) is 0 Å². The van der Waals surface area contributed by atoms with Gasteiger partial charge >= 0.3 is 5.97 Å². The minimum atomic E-state index is -0.733. The molecule has 0 bridgehead atoms. The van der Waals surface area contributed by atoms with Crippen LogP contribution in [-0.2, 0) is 30.5 Å². The first kappa shape index (κ1) is 36.2. The summed E-state index contributed by atoms with van der Waals surface area (Å²) in [6.07, 6.45) is 10.5. The molecule has 1 aliphatic rings. The first-order chi connectivity index (χ1) is 20.1. The number of ether oxygens (including phenoxy) is 1.